The van der Waals surface area contributed by atoms with Crippen LogP contribution >= 0.6 is 34.0 Å². The first-order valence-corrected chi connectivity index (χ1v) is 21.2. The second-order valence-corrected chi connectivity index (χ2v) is 17.5. The van der Waals surface area contributed by atoms with Gasteiger partial charge in [0, 0.05) is 48.0 Å². The predicted octanol–water partition coefficient (Wildman–Crippen LogP) is 6.60. The van der Waals surface area contributed by atoms with Gasteiger partial charge >= 0.3 is 11.9 Å². The monoisotopic (exact) mass is 816 g/mol. The number of sulfonamides is 1. The molecule has 18 heteroatoms. The van der Waals surface area contributed by atoms with Gasteiger partial charge < -0.3 is 20.9 Å². The van der Waals surface area contributed by atoms with E-state index in [9.17, 15) is 23.1 Å². The molecular formula is C37H36N8O6S4. The van der Waals surface area contributed by atoms with Crippen LogP contribution in [0.5, 0.6) is 0 Å². The second kappa shape index (κ2) is 16.3. The number of nitrogens with one attached hydrogen (secondary N) is 1. The number of esters is 1. The molecule has 284 valence electrons. The van der Waals surface area contributed by atoms with Crippen molar-refractivity contribution in [2.75, 3.05) is 30.7 Å². The number of thiazole rings is 3. The summed E-state index contributed by atoms with van der Waals surface area (Å²) in [6.07, 6.45) is 5.30. The molecule has 2 aromatic carbocycles. The van der Waals surface area contributed by atoms with Crippen molar-refractivity contribution in [1.29, 1.82) is 0 Å². The number of piperidine rings is 1. The van der Waals surface area contributed by atoms with E-state index in [2.05, 4.69) is 30.2 Å². The second-order valence-electron chi connectivity index (χ2n) is 12.7. The maximum atomic E-state index is 12.9. The highest BCUT2D eigenvalue weighted by Gasteiger charge is 2.29. The summed E-state index contributed by atoms with van der Waals surface area (Å²) in [5, 5.41) is 20.5. The Morgan fingerprint density at radius 2 is 1.73 bits per heavy atom. The number of aromatic carboxylic acids is 1. The summed E-state index contributed by atoms with van der Waals surface area (Å²) >= 11 is 3.95. The number of hydrogen-bond donors (Lipinski definition) is 4. The quantitative estimate of drug-likeness (QED) is 0.0905. The fraction of sp³-hybridized carbons (Fsp3) is 0.243. The van der Waals surface area contributed by atoms with E-state index in [4.69, 9.17) is 15.6 Å². The number of likely N-dealkylation sites (tertiary alicyclic amines) is 1. The summed E-state index contributed by atoms with van der Waals surface area (Å²) < 4.78 is 30.4. The molecule has 14 nitrogen and oxygen atoms in total. The van der Waals surface area contributed by atoms with Crippen LogP contribution in [0.15, 0.2) is 78.0 Å². The molecule has 1 aliphatic heterocycles. The molecule has 0 saturated carbocycles. The Morgan fingerprint density at radius 3 is 2.45 bits per heavy atom. The molecule has 7 rings (SSSR count). The van der Waals surface area contributed by atoms with Crippen LogP contribution in [0, 0.1) is 0 Å². The van der Waals surface area contributed by atoms with E-state index in [0.717, 1.165) is 41.0 Å². The zero-order valence-corrected chi connectivity index (χ0v) is 32.7. The Labute approximate surface area is 329 Å². The number of pyridine rings is 1. The van der Waals surface area contributed by atoms with Gasteiger partial charge in [0.25, 0.3) is 0 Å². The normalized spacial score (nSPS) is 14.8. The van der Waals surface area contributed by atoms with Crippen LogP contribution in [0.1, 0.15) is 67.5 Å². The molecule has 1 unspecified atom stereocenters. The molecule has 1 aliphatic rings. The Morgan fingerprint density at radius 1 is 0.982 bits per heavy atom. The highest BCUT2D eigenvalue weighted by Crippen LogP contribution is 2.42. The number of hydrogen-bond acceptors (Lipinski definition) is 15. The number of carboxylic acid groups (broad SMARTS) is 1. The van der Waals surface area contributed by atoms with Gasteiger partial charge in [-0.1, -0.05) is 41.7 Å². The third kappa shape index (κ3) is 8.74. The van der Waals surface area contributed by atoms with Gasteiger partial charge in [-0.25, -0.2) is 38.1 Å². The zero-order chi connectivity index (χ0) is 38.7. The molecule has 0 spiro atoms. The third-order valence-electron chi connectivity index (χ3n) is 8.95. The van der Waals surface area contributed by atoms with Gasteiger partial charge in [0.05, 0.1) is 16.4 Å². The maximum Gasteiger partial charge on any atom is 0.358 e. The summed E-state index contributed by atoms with van der Waals surface area (Å²) in [5.74, 6) is -1.53. The Hall–Kier alpha value is -5.11. The number of primary sulfonamides is 1. The smallest absolute Gasteiger partial charge is 0.358 e. The van der Waals surface area contributed by atoms with Crippen LogP contribution in [-0.2, 0) is 27.7 Å². The molecule has 1 saturated heterocycles. The summed E-state index contributed by atoms with van der Waals surface area (Å²) in [6.45, 7) is 3.55. The number of rotatable bonds is 13. The van der Waals surface area contributed by atoms with Gasteiger partial charge in [-0.2, -0.15) is 0 Å². The largest absolute Gasteiger partial charge is 0.476 e. The lowest BCUT2D eigenvalue weighted by molar-refractivity contribution is 0.0519. The molecule has 0 aliphatic carbocycles. The molecular weight excluding hydrogens is 781 g/mol. The minimum absolute atomic E-state index is 0.0106. The van der Waals surface area contributed by atoms with E-state index in [1.165, 1.54) is 40.1 Å². The lowest BCUT2D eigenvalue weighted by Crippen LogP contribution is -2.34. The van der Waals surface area contributed by atoms with E-state index in [0.29, 0.717) is 50.1 Å². The van der Waals surface area contributed by atoms with Crippen LogP contribution in [0.4, 0.5) is 16.6 Å². The molecule has 6 aromatic rings. The molecule has 1 fully saturated rings. The molecule has 0 amide bonds. The van der Waals surface area contributed by atoms with Crippen LogP contribution in [0.2, 0.25) is 0 Å². The topological polar surface area (TPSA) is 217 Å². The number of nitrogens with zero attached hydrogens (tertiary/aromatic N) is 5. The fourth-order valence-corrected chi connectivity index (χ4v) is 10.1. The molecule has 6 N–H and O–H groups in total. The van der Waals surface area contributed by atoms with E-state index >= 15 is 0 Å². The number of carbonyl (C=O) groups is 2. The number of ether oxygens (including phenoxy) is 1. The number of carboxylic acids is 1. The minimum atomic E-state index is -4.02. The van der Waals surface area contributed by atoms with Crippen molar-refractivity contribution in [1.82, 2.24) is 24.8 Å². The highest BCUT2D eigenvalue weighted by atomic mass is 32.2. The Bertz CT molecular complexity index is 2450. The first-order valence-electron chi connectivity index (χ1n) is 17.2. The SMILES string of the molecule is CCOC(=O)c1nc(-c2sc(Nc3ccc(S(N)(=O)=O)cc3C3CCCN(Cc4sc(-c5ccncc5)nc4C(=O)O)C3)nc2N)sc1Cc1ccccc1. The Kier molecular flexibility index (Phi) is 11.3. The van der Waals surface area contributed by atoms with Crippen molar-refractivity contribution in [2.45, 2.75) is 43.5 Å². The van der Waals surface area contributed by atoms with Crippen LogP contribution in [0.25, 0.3) is 20.5 Å². The van der Waals surface area contributed by atoms with Crippen molar-refractivity contribution in [3.05, 3.63) is 105 Å². The Balaban J connectivity index is 1.17. The van der Waals surface area contributed by atoms with Crippen LogP contribution in [0.3, 0.4) is 0 Å². The summed E-state index contributed by atoms with van der Waals surface area (Å²) in [6, 6.07) is 18.0. The van der Waals surface area contributed by atoms with Gasteiger partial charge in [-0.15, -0.1) is 22.7 Å². The molecule has 1 atom stereocenters. The zero-order valence-electron chi connectivity index (χ0n) is 29.5. The van der Waals surface area contributed by atoms with E-state index in [1.807, 2.05) is 30.3 Å². The maximum absolute atomic E-state index is 12.9. The van der Waals surface area contributed by atoms with E-state index in [1.54, 1.807) is 43.6 Å². The van der Waals surface area contributed by atoms with E-state index < -0.39 is 22.0 Å². The average molecular weight is 817 g/mol. The number of nitrogen functional groups attached to an aromatic ring is 1. The van der Waals surface area contributed by atoms with Gasteiger partial charge in [-0.05, 0) is 73.7 Å². The number of anilines is 3. The van der Waals surface area contributed by atoms with Crippen molar-refractivity contribution >= 4 is 72.6 Å². The highest BCUT2D eigenvalue weighted by molar-refractivity contribution is 7.89. The number of aromatic nitrogens is 4. The van der Waals surface area contributed by atoms with Gasteiger partial charge in [0.15, 0.2) is 16.5 Å². The summed E-state index contributed by atoms with van der Waals surface area (Å²) in [5.41, 5.74) is 9.85. The predicted molar refractivity (Wildman–Crippen MR) is 213 cm³/mol. The fourth-order valence-electron chi connectivity index (χ4n) is 6.43. The number of carbonyl (C=O) groups excluding carboxylic acids is 1. The average Bonchev–Trinajstić information content (AvgIpc) is 3.89. The van der Waals surface area contributed by atoms with Crippen molar-refractivity contribution in [3.63, 3.8) is 0 Å². The molecule has 0 bridgehead atoms. The van der Waals surface area contributed by atoms with E-state index in [-0.39, 0.29) is 34.6 Å². The van der Waals surface area contributed by atoms with Gasteiger partial charge in [-0.3, -0.25) is 9.88 Å². The third-order valence-corrected chi connectivity index (χ3v) is 13.1. The molecule has 5 heterocycles. The van der Waals surface area contributed by atoms with Gasteiger partial charge in [0.1, 0.15) is 20.7 Å². The first-order chi connectivity index (χ1) is 26.5. The van der Waals surface area contributed by atoms with Crippen LogP contribution in [-0.4, -0.2) is 70.0 Å². The molecule has 4 aromatic heterocycles. The van der Waals surface area contributed by atoms with Crippen molar-refractivity contribution in [3.8, 4) is 20.5 Å². The standard InChI is InChI=1S/C37H36N8O6S4/c1-2-51-36(48)30-27(17-21-7-4-3-5-8-21)52-34(43-30)31-32(38)44-37(54-31)41-26-11-10-24(55(39,49)50)18-25(26)23-9-6-16-45(19-23)20-28-29(35(46)47)42-33(53-28)22-12-14-40-15-13-22/h3-5,7-8,10-15,18,23H,2,6,9,16-17,19-20,38H2,1H3,(H,41,44)(H,46,47)(H2,39,49,50). The summed E-state index contributed by atoms with van der Waals surface area (Å²) in [4.78, 5) is 46.9. The first kappa shape index (κ1) is 38.2. The van der Waals surface area contributed by atoms with Crippen LogP contribution < -0.4 is 16.2 Å². The molecule has 0 radical (unpaired) electrons. The number of nitrogens with two attached hydrogens (primary N) is 2. The minimum Gasteiger partial charge on any atom is -0.476 e. The summed E-state index contributed by atoms with van der Waals surface area (Å²) in [7, 11) is -4.02. The lowest BCUT2D eigenvalue weighted by atomic mass is 9.89. The van der Waals surface area contributed by atoms with Gasteiger partial charge in [0.2, 0.25) is 10.0 Å². The van der Waals surface area contributed by atoms with Crippen molar-refractivity contribution < 1.29 is 27.9 Å². The molecule has 55 heavy (non-hydrogen) atoms. The number of benzene rings is 2. The lowest BCUT2D eigenvalue weighted by Gasteiger charge is -2.33. The van der Waals surface area contributed by atoms with Crippen molar-refractivity contribution in [2.24, 2.45) is 5.14 Å².